The minimum Gasteiger partial charge on any atom is -0.486 e. The number of nitrogen functional groups attached to an aromatic ring is 1. The Labute approximate surface area is 121 Å². The number of carbonyl (C=O) groups is 1. The summed E-state index contributed by atoms with van der Waals surface area (Å²) >= 11 is 1.29. The van der Waals surface area contributed by atoms with Gasteiger partial charge in [0.15, 0.2) is 0 Å². The number of carbonyl (C=O) groups excluding carboxylic acids is 1. The molecule has 1 heterocycles. The molecular formula is C14H17N3O2S. The Morgan fingerprint density at radius 1 is 1.50 bits per heavy atom. The molecule has 0 spiro atoms. The van der Waals surface area contributed by atoms with Gasteiger partial charge in [-0.25, -0.2) is 10.8 Å². The molecule has 1 amide bonds. The van der Waals surface area contributed by atoms with E-state index in [1.807, 2.05) is 18.2 Å². The molecule has 2 aromatic rings. The summed E-state index contributed by atoms with van der Waals surface area (Å²) in [6, 6.07) is 7.94. The number of nitrogens with zero attached hydrogens (tertiary/aromatic N) is 1. The van der Waals surface area contributed by atoms with Gasteiger partial charge in [-0.05, 0) is 31.0 Å². The summed E-state index contributed by atoms with van der Waals surface area (Å²) in [6.45, 7) is 4.22. The van der Waals surface area contributed by atoms with Gasteiger partial charge in [0.05, 0.1) is 5.69 Å². The zero-order valence-corrected chi connectivity index (χ0v) is 12.3. The molecule has 0 bridgehead atoms. The van der Waals surface area contributed by atoms with E-state index in [0.29, 0.717) is 17.2 Å². The minimum atomic E-state index is -0.320. The summed E-state index contributed by atoms with van der Waals surface area (Å²) in [5.74, 6) is 5.61. The van der Waals surface area contributed by atoms with Crippen molar-refractivity contribution in [3.8, 4) is 5.75 Å². The zero-order valence-electron chi connectivity index (χ0n) is 11.5. The van der Waals surface area contributed by atoms with Crippen LogP contribution in [0.2, 0.25) is 0 Å². The highest BCUT2D eigenvalue weighted by Gasteiger charge is 2.14. The maximum absolute atomic E-state index is 11.5. The van der Waals surface area contributed by atoms with Crippen molar-refractivity contribution in [1.29, 1.82) is 0 Å². The van der Waals surface area contributed by atoms with Crippen LogP contribution in [0.5, 0.6) is 5.75 Å². The molecule has 5 nitrogen and oxygen atoms in total. The number of thiazole rings is 1. The molecule has 0 atom stereocenters. The Bertz CT molecular complexity index is 610. The predicted molar refractivity (Wildman–Crippen MR) is 78.7 cm³/mol. The number of aromatic nitrogens is 1. The number of hydrazine groups is 1. The molecule has 0 saturated carbocycles. The van der Waals surface area contributed by atoms with E-state index < -0.39 is 0 Å². The van der Waals surface area contributed by atoms with Crippen LogP contribution in [-0.4, -0.2) is 10.9 Å². The molecule has 0 unspecified atom stereocenters. The average molecular weight is 291 g/mol. The summed E-state index contributed by atoms with van der Waals surface area (Å²) < 4.78 is 5.70. The first-order chi connectivity index (χ1) is 9.63. The van der Waals surface area contributed by atoms with Gasteiger partial charge in [-0.2, -0.15) is 0 Å². The van der Waals surface area contributed by atoms with Crippen LogP contribution in [0.15, 0.2) is 24.3 Å². The van der Waals surface area contributed by atoms with E-state index in [-0.39, 0.29) is 5.91 Å². The molecule has 3 N–H and O–H groups in total. The van der Waals surface area contributed by atoms with Crippen molar-refractivity contribution in [3.05, 3.63) is 45.4 Å². The summed E-state index contributed by atoms with van der Waals surface area (Å²) in [5, 5.41) is 0.753. The maximum Gasteiger partial charge on any atom is 0.277 e. The van der Waals surface area contributed by atoms with E-state index in [9.17, 15) is 4.79 Å². The molecule has 0 aliphatic rings. The molecule has 1 aromatic carbocycles. The van der Waals surface area contributed by atoms with Crippen LogP contribution in [0.1, 0.15) is 32.9 Å². The lowest BCUT2D eigenvalue weighted by Gasteiger charge is -2.05. The minimum absolute atomic E-state index is 0.320. The summed E-state index contributed by atoms with van der Waals surface area (Å²) in [7, 11) is 0. The van der Waals surface area contributed by atoms with Crippen molar-refractivity contribution < 1.29 is 9.53 Å². The Morgan fingerprint density at radius 2 is 2.30 bits per heavy atom. The van der Waals surface area contributed by atoms with Gasteiger partial charge in [-0.1, -0.05) is 19.1 Å². The molecule has 6 heteroatoms. The van der Waals surface area contributed by atoms with Crippen molar-refractivity contribution >= 4 is 17.2 Å². The van der Waals surface area contributed by atoms with Gasteiger partial charge in [-0.3, -0.25) is 10.2 Å². The third-order valence-electron chi connectivity index (χ3n) is 2.85. The molecule has 0 fully saturated rings. The third kappa shape index (κ3) is 3.34. The summed E-state index contributed by atoms with van der Waals surface area (Å²) in [6.07, 6.45) is 0.967. The van der Waals surface area contributed by atoms with Crippen LogP contribution in [0, 0.1) is 6.92 Å². The van der Waals surface area contributed by atoms with E-state index in [1.54, 1.807) is 6.92 Å². The number of aryl methyl sites for hydroxylation is 2. The van der Waals surface area contributed by atoms with E-state index >= 15 is 0 Å². The highest BCUT2D eigenvalue weighted by Crippen LogP contribution is 2.20. The van der Waals surface area contributed by atoms with Crippen LogP contribution < -0.4 is 16.0 Å². The quantitative estimate of drug-likeness (QED) is 0.503. The smallest absolute Gasteiger partial charge is 0.277 e. The predicted octanol–water partition coefficient (Wildman–Crippen LogP) is 2.20. The van der Waals surface area contributed by atoms with E-state index in [4.69, 9.17) is 10.6 Å². The molecule has 0 aliphatic carbocycles. The van der Waals surface area contributed by atoms with Gasteiger partial charge >= 0.3 is 0 Å². The first-order valence-corrected chi connectivity index (χ1v) is 7.14. The second-order valence-electron chi connectivity index (χ2n) is 4.29. The lowest BCUT2D eigenvalue weighted by atomic mass is 10.2. The van der Waals surface area contributed by atoms with Gasteiger partial charge in [0.2, 0.25) is 0 Å². The van der Waals surface area contributed by atoms with Gasteiger partial charge in [-0.15, -0.1) is 11.3 Å². The number of amides is 1. The van der Waals surface area contributed by atoms with Crippen LogP contribution in [0.3, 0.4) is 0 Å². The van der Waals surface area contributed by atoms with E-state index in [1.165, 1.54) is 16.9 Å². The highest BCUT2D eigenvalue weighted by atomic mass is 32.1. The first kappa shape index (κ1) is 14.5. The number of benzene rings is 1. The van der Waals surface area contributed by atoms with Crippen molar-refractivity contribution in [2.75, 3.05) is 0 Å². The number of nitrogens with two attached hydrogens (primary N) is 1. The number of rotatable bonds is 5. The van der Waals surface area contributed by atoms with E-state index in [0.717, 1.165) is 17.2 Å². The SMILES string of the molecule is CCc1cccc(OCc2nc(C)c(C(=O)NN)s2)c1. The van der Waals surface area contributed by atoms with Crippen molar-refractivity contribution in [1.82, 2.24) is 10.4 Å². The second-order valence-corrected chi connectivity index (χ2v) is 5.37. The monoisotopic (exact) mass is 291 g/mol. The van der Waals surface area contributed by atoms with Crippen LogP contribution in [-0.2, 0) is 13.0 Å². The fraction of sp³-hybridized carbons (Fsp3) is 0.286. The first-order valence-electron chi connectivity index (χ1n) is 6.33. The number of hydrogen-bond acceptors (Lipinski definition) is 5. The Hall–Kier alpha value is -1.92. The number of nitrogens with one attached hydrogen (secondary N) is 1. The van der Waals surface area contributed by atoms with Crippen molar-refractivity contribution in [2.24, 2.45) is 5.84 Å². The van der Waals surface area contributed by atoms with Gasteiger partial charge in [0.1, 0.15) is 22.2 Å². The molecule has 0 radical (unpaired) electrons. The standard InChI is InChI=1S/C14H17N3O2S/c1-3-10-5-4-6-11(7-10)19-8-12-16-9(2)13(20-12)14(18)17-15/h4-7H,3,8,15H2,1-2H3,(H,17,18). The number of hydrogen-bond donors (Lipinski definition) is 2. The second kappa shape index (κ2) is 6.49. The fourth-order valence-electron chi connectivity index (χ4n) is 1.79. The largest absolute Gasteiger partial charge is 0.486 e. The molecule has 0 aliphatic heterocycles. The van der Waals surface area contributed by atoms with Gasteiger partial charge < -0.3 is 4.74 Å². The summed E-state index contributed by atoms with van der Waals surface area (Å²) in [5.41, 5.74) is 4.00. The zero-order chi connectivity index (χ0) is 14.5. The average Bonchev–Trinajstić information content (AvgIpc) is 2.85. The molecular weight excluding hydrogens is 274 g/mol. The number of ether oxygens (including phenoxy) is 1. The van der Waals surface area contributed by atoms with Gasteiger partial charge in [0, 0.05) is 0 Å². The van der Waals surface area contributed by atoms with Crippen LogP contribution in [0.4, 0.5) is 0 Å². The maximum atomic E-state index is 11.5. The molecule has 20 heavy (non-hydrogen) atoms. The Morgan fingerprint density at radius 3 is 3.00 bits per heavy atom. The molecule has 1 aromatic heterocycles. The Kier molecular flexibility index (Phi) is 4.70. The molecule has 106 valence electrons. The Balaban J connectivity index is 2.05. The fourth-order valence-corrected chi connectivity index (χ4v) is 2.67. The lowest BCUT2D eigenvalue weighted by molar-refractivity contribution is 0.0957. The third-order valence-corrected chi connectivity index (χ3v) is 3.98. The topological polar surface area (TPSA) is 77.2 Å². The van der Waals surface area contributed by atoms with E-state index in [2.05, 4.69) is 23.4 Å². The van der Waals surface area contributed by atoms with Crippen molar-refractivity contribution in [3.63, 3.8) is 0 Å². The molecule has 0 saturated heterocycles. The van der Waals surface area contributed by atoms with Crippen molar-refractivity contribution in [2.45, 2.75) is 26.9 Å². The van der Waals surface area contributed by atoms with Crippen LogP contribution >= 0.6 is 11.3 Å². The van der Waals surface area contributed by atoms with Crippen LogP contribution in [0.25, 0.3) is 0 Å². The molecule has 2 rings (SSSR count). The highest BCUT2D eigenvalue weighted by molar-refractivity contribution is 7.13. The lowest BCUT2D eigenvalue weighted by Crippen LogP contribution is -2.29. The summed E-state index contributed by atoms with van der Waals surface area (Å²) in [4.78, 5) is 16.3. The normalized spacial score (nSPS) is 10.3. The van der Waals surface area contributed by atoms with Gasteiger partial charge in [0.25, 0.3) is 5.91 Å².